The van der Waals surface area contributed by atoms with Crippen LogP contribution in [0.15, 0.2) is 6.07 Å². The molecule has 4 nitrogen and oxygen atoms in total. The van der Waals surface area contributed by atoms with Gasteiger partial charge in [0.2, 0.25) is 0 Å². The van der Waals surface area contributed by atoms with Crippen molar-refractivity contribution in [1.29, 1.82) is 0 Å². The van der Waals surface area contributed by atoms with Gasteiger partial charge in [-0.3, -0.25) is 0 Å². The number of nitrogens with one attached hydrogen (secondary N) is 1. The Bertz CT molecular complexity index is 455. The van der Waals surface area contributed by atoms with E-state index in [1.807, 2.05) is 32.1 Å². The molecule has 1 aromatic heterocycles. The van der Waals surface area contributed by atoms with E-state index >= 15 is 0 Å². The van der Waals surface area contributed by atoms with Gasteiger partial charge in [-0.05, 0) is 51.7 Å². The van der Waals surface area contributed by atoms with Crippen molar-refractivity contribution in [2.45, 2.75) is 51.6 Å². The number of nitrogens with two attached hydrogens (primary N) is 1. The number of alkyl carbamates (subject to hydrolysis) is 1. The SMILES string of the molecule is CC(C)(C)OC(=O)NCC(CN)c1cc2c(s1)CCC2. The van der Waals surface area contributed by atoms with Gasteiger partial charge in [0.25, 0.3) is 0 Å². The third-order valence-electron chi connectivity index (χ3n) is 3.34. The summed E-state index contributed by atoms with van der Waals surface area (Å²) < 4.78 is 5.24. The Balaban J connectivity index is 1.90. The topological polar surface area (TPSA) is 64.3 Å². The second-order valence-electron chi connectivity index (χ2n) is 6.27. The highest BCUT2D eigenvalue weighted by atomic mass is 32.1. The number of ether oxygens (including phenoxy) is 1. The molecule has 1 unspecified atom stereocenters. The molecule has 2 rings (SSSR count). The number of amides is 1. The monoisotopic (exact) mass is 296 g/mol. The summed E-state index contributed by atoms with van der Waals surface area (Å²) in [6, 6.07) is 2.27. The van der Waals surface area contributed by atoms with Crippen LogP contribution in [0.4, 0.5) is 4.79 Å². The van der Waals surface area contributed by atoms with Crippen molar-refractivity contribution in [2.24, 2.45) is 5.73 Å². The standard InChI is InChI=1S/C15H24N2O2S/c1-15(2,3)19-14(18)17-9-11(8-16)13-7-10-5-4-6-12(10)20-13/h7,11H,4-6,8-9,16H2,1-3H3,(H,17,18). The molecule has 3 N–H and O–H groups in total. The number of carbonyl (C=O) groups is 1. The lowest BCUT2D eigenvalue weighted by molar-refractivity contribution is 0.0525. The first-order valence-electron chi connectivity index (χ1n) is 7.17. The molecule has 0 aromatic carbocycles. The van der Waals surface area contributed by atoms with Crippen LogP contribution in [0, 0.1) is 0 Å². The van der Waals surface area contributed by atoms with Gasteiger partial charge in [0, 0.05) is 28.8 Å². The van der Waals surface area contributed by atoms with Gasteiger partial charge in [0.15, 0.2) is 0 Å². The largest absolute Gasteiger partial charge is 0.444 e. The molecule has 5 heteroatoms. The molecule has 0 radical (unpaired) electrons. The highest BCUT2D eigenvalue weighted by molar-refractivity contribution is 7.12. The Labute approximate surface area is 124 Å². The number of thiophene rings is 1. The Hall–Kier alpha value is -1.07. The molecule has 0 spiro atoms. The predicted octanol–water partition coefficient (Wildman–Crippen LogP) is 2.80. The molecule has 0 saturated carbocycles. The van der Waals surface area contributed by atoms with Crippen molar-refractivity contribution >= 4 is 17.4 Å². The molecular formula is C15H24N2O2S. The molecule has 1 amide bonds. The van der Waals surface area contributed by atoms with Crippen molar-refractivity contribution in [3.8, 4) is 0 Å². The molecule has 0 aliphatic heterocycles. The maximum Gasteiger partial charge on any atom is 0.407 e. The lowest BCUT2D eigenvalue weighted by Gasteiger charge is -2.21. The second kappa shape index (κ2) is 6.14. The number of aryl methyl sites for hydroxylation is 2. The Morgan fingerprint density at radius 1 is 1.50 bits per heavy atom. The minimum atomic E-state index is -0.466. The summed E-state index contributed by atoms with van der Waals surface area (Å²) in [5, 5.41) is 2.82. The smallest absolute Gasteiger partial charge is 0.407 e. The fraction of sp³-hybridized carbons (Fsp3) is 0.667. The molecule has 0 saturated heterocycles. The van der Waals surface area contributed by atoms with Crippen molar-refractivity contribution in [1.82, 2.24) is 5.32 Å². The minimum Gasteiger partial charge on any atom is -0.444 e. The van der Waals surface area contributed by atoms with E-state index in [0.29, 0.717) is 13.1 Å². The summed E-state index contributed by atoms with van der Waals surface area (Å²) in [5.41, 5.74) is 6.86. The molecule has 112 valence electrons. The average molecular weight is 296 g/mol. The summed E-state index contributed by atoms with van der Waals surface area (Å²) in [5.74, 6) is 0.179. The third kappa shape index (κ3) is 3.96. The highest BCUT2D eigenvalue weighted by Crippen LogP contribution is 2.34. The van der Waals surface area contributed by atoms with Crippen molar-refractivity contribution in [2.75, 3.05) is 13.1 Å². The third-order valence-corrected chi connectivity index (χ3v) is 4.74. The Morgan fingerprint density at radius 3 is 2.85 bits per heavy atom. The van der Waals surface area contributed by atoms with E-state index in [9.17, 15) is 4.79 Å². The van der Waals surface area contributed by atoms with Crippen LogP contribution in [0.1, 0.15) is 48.4 Å². The molecule has 0 fully saturated rings. The molecule has 1 aromatic rings. The number of hydrogen-bond donors (Lipinski definition) is 2. The van der Waals surface area contributed by atoms with Crippen LogP contribution in [0.5, 0.6) is 0 Å². The molecule has 1 aliphatic carbocycles. The van der Waals surface area contributed by atoms with Gasteiger partial charge in [-0.15, -0.1) is 11.3 Å². The first kappa shape index (κ1) is 15.3. The van der Waals surface area contributed by atoms with Gasteiger partial charge in [-0.25, -0.2) is 4.79 Å². The minimum absolute atomic E-state index is 0.179. The van der Waals surface area contributed by atoms with Gasteiger partial charge in [-0.2, -0.15) is 0 Å². The molecule has 1 heterocycles. The maximum absolute atomic E-state index is 11.7. The molecule has 20 heavy (non-hydrogen) atoms. The van der Waals surface area contributed by atoms with E-state index in [1.165, 1.54) is 34.6 Å². The Kier molecular flexibility index (Phi) is 4.70. The van der Waals surface area contributed by atoms with E-state index in [2.05, 4.69) is 11.4 Å². The molecule has 1 atom stereocenters. The van der Waals surface area contributed by atoms with Gasteiger partial charge >= 0.3 is 6.09 Å². The van der Waals surface area contributed by atoms with E-state index in [0.717, 1.165) is 0 Å². The van der Waals surface area contributed by atoms with Crippen LogP contribution >= 0.6 is 11.3 Å². The van der Waals surface area contributed by atoms with Crippen LogP contribution in [0.2, 0.25) is 0 Å². The quantitative estimate of drug-likeness (QED) is 0.898. The lowest BCUT2D eigenvalue weighted by atomic mass is 10.1. The Morgan fingerprint density at radius 2 is 2.25 bits per heavy atom. The number of hydrogen-bond acceptors (Lipinski definition) is 4. The summed E-state index contributed by atoms with van der Waals surface area (Å²) in [7, 11) is 0. The fourth-order valence-electron chi connectivity index (χ4n) is 2.37. The summed E-state index contributed by atoms with van der Waals surface area (Å²) in [6.07, 6.45) is 3.27. The predicted molar refractivity (Wildman–Crippen MR) is 82.4 cm³/mol. The van der Waals surface area contributed by atoms with Crippen LogP contribution in [-0.4, -0.2) is 24.8 Å². The fourth-order valence-corrected chi connectivity index (χ4v) is 3.74. The summed E-state index contributed by atoms with van der Waals surface area (Å²) in [6.45, 7) is 6.64. The zero-order valence-corrected chi connectivity index (χ0v) is 13.3. The number of rotatable bonds is 4. The number of fused-ring (bicyclic) bond motifs is 1. The van der Waals surface area contributed by atoms with Crippen LogP contribution in [0.3, 0.4) is 0 Å². The first-order chi connectivity index (χ1) is 9.39. The zero-order valence-electron chi connectivity index (χ0n) is 12.5. The first-order valence-corrected chi connectivity index (χ1v) is 7.99. The summed E-state index contributed by atoms with van der Waals surface area (Å²) >= 11 is 1.85. The van der Waals surface area contributed by atoms with Crippen LogP contribution in [-0.2, 0) is 17.6 Å². The van der Waals surface area contributed by atoms with Crippen LogP contribution < -0.4 is 11.1 Å². The van der Waals surface area contributed by atoms with Crippen molar-refractivity contribution < 1.29 is 9.53 Å². The van der Waals surface area contributed by atoms with E-state index < -0.39 is 5.60 Å². The van der Waals surface area contributed by atoms with Gasteiger partial charge < -0.3 is 15.8 Å². The summed E-state index contributed by atoms with van der Waals surface area (Å²) in [4.78, 5) is 14.5. The van der Waals surface area contributed by atoms with Crippen LogP contribution in [0.25, 0.3) is 0 Å². The average Bonchev–Trinajstić information content (AvgIpc) is 2.87. The van der Waals surface area contributed by atoms with Crippen molar-refractivity contribution in [3.63, 3.8) is 0 Å². The maximum atomic E-state index is 11.7. The normalized spacial score (nSPS) is 15.8. The van der Waals surface area contributed by atoms with Gasteiger partial charge in [-0.1, -0.05) is 0 Å². The molecule has 1 aliphatic rings. The van der Waals surface area contributed by atoms with E-state index in [4.69, 9.17) is 10.5 Å². The van der Waals surface area contributed by atoms with Crippen molar-refractivity contribution in [3.05, 3.63) is 21.4 Å². The zero-order chi connectivity index (χ0) is 14.8. The van der Waals surface area contributed by atoms with E-state index in [1.54, 1.807) is 0 Å². The van der Waals surface area contributed by atoms with Gasteiger partial charge in [0.1, 0.15) is 5.60 Å². The second-order valence-corrected chi connectivity index (χ2v) is 7.43. The van der Waals surface area contributed by atoms with Gasteiger partial charge in [0.05, 0.1) is 0 Å². The molecular weight excluding hydrogens is 272 g/mol. The molecule has 0 bridgehead atoms. The number of carbonyl (C=O) groups excluding carboxylic acids is 1. The van der Waals surface area contributed by atoms with E-state index in [-0.39, 0.29) is 12.0 Å². The lowest BCUT2D eigenvalue weighted by Crippen LogP contribution is -2.36. The highest BCUT2D eigenvalue weighted by Gasteiger charge is 2.21.